The zero-order valence-electron chi connectivity index (χ0n) is 14.5. The summed E-state index contributed by atoms with van der Waals surface area (Å²) in [6, 6.07) is 12.6. The maximum absolute atomic E-state index is 12.6. The molecule has 1 atom stereocenters. The van der Waals surface area contributed by atoms with Gasteiger partial charge in [0.25, 0.3) is 0 Å². The molecular formula is C20H25N3O. The molecule has 1 fully saturated rings. The summed E-state index contributed by atoms with van der Waals surface area (Å²) >= 11 is 0. The van der Waals surface area contributed by atoms with Crippen LogP contribution in [-0.4, -0.2) is 41.5 Å². The molecule has 4 nitrogen and oxygen atoms in total. The number of carbonyl (C=O) groups excluding carboxylic acids is 1. The predicted octanol–water partition coefficient (Wildman–Crippen LogP) is 3.06. The van der Waals surface area contributed by atoms with Gasteiger partial charge < -0.3 is 9.80 Å². The first-order valence-corrected chi connectivity index (χ1v) is 8.64. The molecule has 1 amide bonds. The van der Waals surface area contributed by atoms with Crippen molar-refractivity contribution >= 4 is 11.6 Å². The minimum absolute atomic E-state index is 0.236. The quantitative estimate of drug-likeness (QED) is 0.868. The molecule has 1 saturated heterocycles. The molecule has 0 N–H and O–H groups in total. The van der Waals surface area contributed by atoms with E-state index in [0.29, 0.717) is 6.42 Å². The van der Waals surface area contributed by atoms with Crippen LogP contribution in [0.4, 0.5) is 5.69 Å². The molecule has 2 aromatic rings. The van der Waals surface area contributed by atoms with Crippen LogP contribution in [0.25, 0.3) is 0 Å². The number of pyridine rings is 1. The molecular weight excluding hydrogens is 298 g/mol. The molecule has 3 rings (SSSR count). The standard InChI is InChI=1S/C20H25N3O/c1-16-6-3-4-8-19(16)22-12-13-23(17(2)15-22)20(24)10-9-18-7-5-11-21-14-18/h3-8,11,14,17H,9-10,12-13,15H2,1-2H3/t17-/m0/s1. The lowest BCUT2D eigenvalue weighted by Gasteiger charge is -2.41. The number of aryl methyl sites for hydroxylation is 2. The van der Waals surface area contributed by atoms with Crippen LogP contribution in [0.5, 0.6) is 0 Å². The molecule has 24 heavy (non-hydrogen) atoms. The number of para-hydroxylation sites is 1. The molecule has 1 aliphatic rings. The van der Waals surface area contributed by atoms with Crippen LogP contribution < -0.4 is 4.90 Å². The summed E-state index contributed by atoms with van der Waals surface area (Å²) in [6.45, 7) is 6.87. The Hall–Kier alpha value is -2.36. The Morgan fingerprint density at radius 3 is 2.75 bits per heavy atom. The third-order valence-corrected chi connectivity index (χ3v) is 4.75. The van der Waals surface area contributed by atoms with Gasteiger partial charge in [0.2, 0.25) is 5.91 Å². The fourth-order valence-corrected chi connectivity index (χ4v) is 3.41. The molecule has 1 aliphatic heterocycles. The predicted molar refractivity (Wildman–Crippen MR) is 97.1 cm³/mol. The van der Waals surface area contributed by atoms with E-state index in [-0.39, 0.29) is 11.9 Å². The van der Waals surface area contributed by atoms with Crippen LogP contribution >= 0.6 is 0 Å². The second-order valence-corrected chi connectivity index (χ2v) is 6.53. The summed E-state index contributed by atoms with van der Waals surface area (Å²) < 4.78 is 0. The fraction of sp³-hybridized carbons (Fsp3) is 0.400. The Labute approximate surface area is 144 Å². The molecule has 126 valence electrons. The van der Waals surface area contributed by atoms with Crippen LogP contribution in [0.3, 0.4) is 0 Å². The smallest absolute Gasteiger partial charge is 0.223 e. The number of aromatic nitrogens is 1. The maximum atomic E-state index is 12.6. The second kappa shape index (κ2) is 7.47. The number of hydrogen-bond acceptors (Lipinski definition) is 3. The number of nitrogens with zero attached hydrogens (tertiary/aromatic N) is 3. The van der Waals surface area contributed by atoms with Crippen molar-refractivity contribution in [1.82, 2.24) is 9.88 Å². The number of piperazine rings is 1. The van der Waals surface area contributed by atoms with Crippen molar-refractivity contribution in [3.05, 3.63) is 59.9 Å². The maximum Gasteiger partial charge on any atom is 0.223 e. The molecule has 1 aromatic heterocycles. The van der Waals surface area contributed by atoms with E-state index in [9.17, 15) is 4.79 Å². The minimum atomic E-state index is 0.236. The third kappa shape index (κ3) is 3.75. The van der Waals surface area contributed by atoms with Crippen molar-refractivity contribution < 1.29 is 4.79 Å². The van der Waals surface area contributed by atoms with Crippen LogP contribution in [-0.2, 0) is 11.2 Å². The SMILES string of the molecule is Cc1ccccc1N1CCN(C(=O)CCc2cccnc2)[C@@H](C)C1. The van der Waals surface area contributed by atoms with Gasteiger partial charge in [-0.15, -0.1) is 0 Å². The Balaban J connectivity index is 1.57. The molecule has 4 heteroatoms. The Bertz CT molecular complexity index is 686. The van der Waals surface area contributed by atoms with Crippen molar-refractivity contribution in [3.63, 3.8) is 0 Å². The summed E-state index contributed by atoms with van der Waals surface area (Å²) in [5.41, 5.74) is 3.70. The number of benzene rings is 1. The van der Waals surface area contributed by atoms with Crippen LogP contribution in [0, 0.1) is 6.92 Å². The van der Waals surface area contributed by atoms with Gasteiger partial charge >= 0.3 is 0 Å². The Morgan fingerprint density at radius 2 is 2.04 bits per heavy atom. The average molecular weight is 323 g/mol. The highest BCUT2D eigenvalue weighted by Crippen LogP contribution is 2.23. The van der Waals surface area contributed by atoms with E-state index in [4.69, 9.17) is 0 Å². The summed E-state index contributed by atoms with van der Waals surface area (Å²) in [5, 5.41) is 0. The van der Waals surface area contributed by atoms with Gasteiger partial charge in [-0.25, -0.2) is 0 Å². The monoisotopic (exact) mass is 323 g/mol. The van der Waals surface area contributed by atoms with Gasteiger partial charge in [-0.3, -0.25) is 9.78 Å². The second-order valence-electron chi connectivity index (χ2n) is 6.53. The molecule has 0 aliphatic carbocycles. The highest BCUT2D eigenvalue weighted by atomic mass is 16.2. The van der Waals surface area contributed by atoms with E-state index in [0.717, 1.165) is 31.6 Å². The van der Waals surface area contributed by atoms with E-state index < -0.39 is 0 Å². The Morgan fingerprint density at radius 1 is 1.21 bits per heavy atom. The van der Waals surface area contributed by atoms with Crippen LogP contribution in [0.15, 0.2) is 48.8 Å². The molecule has 1 aromatic carbocycles. The number of anilines is 1. The summed E-state index contributed by atoms with van der Waals surface area (Å²) in [4.78, 5) is 21.1. The minimum Gasteiger partial charge on any atom is -0.367 e. The normalized spacial score (nSPS) is 17.8. The van der Waals surface area contributed by atoms with Gasteiger partial charge in [-0.1, -0.05) is 24.3 Å². The van der Waals surface area contributed by atoms with Gasteiger partial charge in [0.05, 0.1) is 0 Å². The van der Waals surface area contributed by atoms with Crippen molar-refractivity contribution in [2.75, 3.05) is 24.5 Å². The lowest BCUT2D eigenvalue weighted by atomic mass is 10.1. The van der Waals surface area contributed by atoms with Crippen molar-refractivity contribution in [1.29, 1.82) is 0 Å². The zero-order chi connectivity index (χ0) is 16.9. The Kier molecular flexibility index (Phi) is 5.14. The zero-order valence-corrected chi connectivity index (χ0v) is 14.5. The molecule has 0 spiro atoms. The van der Waals surface area contributed by atoms with Gasteiger partial charge in [0.15, 0.2) is 0 Å². The van der Waals surface area contributed by atoms with E-state index in [1.54, 1.807) is 6.20 Å². The summed E-state index contributed by atoms with van der Waals surface area (Å²) in [6.07, 6.45) is 4.92. The lowest BCUT2D eigenvalue weighted by Crippen LogP contribution is -2.54. The van der Waals surface area contributed by atoms with E-state index in [1.807, 2.05) is 23.2 Å². The molecule has 0 unspecified atom stereocenters. The third-order valence-electron chi connectivity index (χ3n) is 4.75. The van der Waals surface area contributed by atoms with E-state index >= 15 is 0 Å². The molecule has 2 heterocycles. The van der Waals surface area contributed by atoms with Gasteiger partial charge in [-0.05, 0) is 43.5 Å². The van der Waals surface area contributed by atoms with Crippen molar-refractivity contribution in [3.8, 4) is 0 Å². The highest BCUT2D eigenvalue weighted by molar-refractivity contribution is 5.77. The summed E-state index contributed by atoms with van der Waals surface area (Å²) in [5.74, 6) is 0.246. The fourth-order valence-electron chi connectivity index (χ4n) is 3.41. The highest BCUT2D eigenvalue weighted by Gasteiger charge is 2.27. The van der Waals surface area contributed by atoms with E-state index in [2.05, 4.69) is 48.0 Å². The number of hydrogen-bond donors (Lipinski definition) is 0. The number of carbonyl (C=O) groups is 1. The van der Waals surface area contributed by atoms with Crippen molar-refractivity contribution in [2.45, 2.75) is 32.7 Å². The topological polar surface area (TPSA) is 36.4 Å². The molecule has 0 radical (unpaired) electrons. The first-order chi connectivity index (χ1) is 11.6. The average Bonchev–Trinajstić information content (AvgIpc) is 2.61. The molecule has 0 bridgehead atoms. The van der Waals surface area contributed by atoms with Crippen LogP contribution in [0.1, 0.15) is 24.5 Å². The van der Waals surface area contributed by atoms with Gasteiger partial charge in [-0.2, -0.15) is 0 Å². The first kappa shape index (κ1) is 16.5. The van der Waals surface area contributed by atoms with Crippen LogP contribution in [0.2, 0.25) is 0 Å². The van der Waals surface area contributed by atoms with Gasteiger partial charge in [0, 0.05) is 50.2 Å². The van der Waals surface area contributed by atoms with Gasteiger partial charge in [0.1, 0.15) is 0 Å². The van der Waals surface area contributed by atoms with Crippen molar-refractivity contribution in [2.24, 2.45) is 0 Å². The summed E-state index contributed by atoms with van der Waals surface area (Å²) in [7, 11) is 0. The molecule has 0 saturated carbocycles. The lowest BCUT2D eigenvalue weighted by molar-refractivity contribution is -0.133. The first-order valence-electron chi connectivity index (χ1n) is 8.64. The largest absolute Gasteiger partial charge is 0.367 e. The number of amides is 1. The number of rotatable bonds is 4. The van der Waals surface area contributed by atoms with E-state index in [1.165, 1.54) is 11.3 Å².